The number of anilines is 1. The van der Waals surface area contributed by atoms with E-state index in [1.807, 2.05) is 6.07 Å². The Balaban J connectivity index is 1.36. The van der Waals surface area contributed by atoms with Crippen LogP contribution in [0.4, 0.5) is 9.80 Å². The van der Waals surface area contributed by atoms with Gasteiger partial charge in [0, 0.05) is 23.3 Å². The van der Waals surface area contributed by atoms with E-state index < -0.39 is 6.09 Å². The lowest BCUT2D eigenvalue weighted by molar-refractivity contribution is -0.157. The number of nitrogens with zero attached hydrogens (tertiary/aromatic N) is 3. The Labute approximate surface area is 190 Å². The standard InChI is InChI=1S/C23H24N4O4S/c24-13-19-18-7-5-17(15-30-23(29)27-10-1-2-11-31-27)12-20(18)32-22(19)26-21(28)8-6-16-4-3-9-25-14-16/h3-4,6,8-9,14,17H,1-2,5,7,10-12,15H2,(H,26,28). The minimum Gasteiger partial charge on any atom is -0.448 e. The highest BCUT2D eigenvalue weighted by molar-refractivity contribution is 7.16. The van der Waals surface area contributed by atoms with Gasteiger partial charge in [0.2, 0.25) is 5.91 Å². The molecule has 166 valence electrons. The summed E-state index contributed by atoms with van der Waals surface area (Å²) in [4.78, 5) is 34.9. The van der Waals surface area contributed by atoms with Gasteiger partial charge in [-0.15, -0.1) is 11.3 Å². The van der Waals surface area contributed by atoms with Crippen LogP contribution in [-0.4, -0.2) is 41.8 Å². The third kappa shape index (κ3) is 5.33. The van der Waals surface area contributed by atoms with Crippen molar-refractivity contribution in [1.29, 1.82) is 5.26 Å². The summed E-state index contributed by atoms with van der Waals surface area (Å²) in [7, 11) is 0. The van der Waals surface area contributed by atoms with Crippen molar-refractivity contribution in [3.8, 4) is 6.07 Å². The van der Waals surface area contributed by atoms with Crippen LogP contribution in [-0.2, 0) is 27.2 Å². The highest BCUT2D eigenvalue weighted by atomic mass is 32.1. The third-order valence-corrected chi connectivity index (χ3v) is 6.65. The second-order valence-electron chi connectivity index (χ2n) is 7.76. The minimum atomic E-state index is -0.437. The maximum atomic E-state index is 12.4. The first kappa shape index (κ1) is 22.0. The number of rotatable bonds is 5. The van der Waals surface area contributed by atoms with Crippen LogP contribution in [0, 0.1) is 17.2 Å². The van der Waals surface area contributed by atoms with Crippen molar-refractivity contribution in [2.75, 3.05) is 25.1 Å². The Kier molecular flexibility index (Phi) is 7.14. The molecule has 0 radical (unpaired) electrons. The molecule has 2 amide bonds. The number of carbonyl (C=O) groups is 2. The molecule has 1 unspecified atom stereocenters. The van der Waals surface area contributed by atoms with Gasteiger partial charge in [0.1, 0.15) is 11.1 Å². The number of thiophene rings is 1. The van der Waals surface area contributed by atoms with Crippen molar-refractivity contribution in [1.82, 2.24) is 10.0 Å². The molecule has 3 heterocycles. The lowest BCUT2D eigenvalue weighted by atomic mass is 9.88. The van der Waals surface area contributed by atoms with Gasteiger partial charge in [0.15, 0.2) is 0 Å². The maximum Gasteiger partial charge on any atom is 0.433 e. The molecular formula is C23H24N4O4S. The molecule has 32 heavy (non-hydrogen) atoms. The summed E-state index contributed by atoms with van der Waals surface area (Å²) in [5.74, 6) is -0.119. The molecule has 1 saturated heterocycles. The van der Waals surface area contributed by atoms with Gasteiger partial charge < -0.3 is 10.1 Å². The van der Waals surface area contributed by atoms with Gasteiger partial charge in [-0.1, -0.05) is 6.07 Å². The Morgan fingerprint density at radius 3 is 3.09 bits per heavy atom. The van der Waals surface area contributed by atoms with Gasteiger partial charge >= 0.3 is 6.09 Å². The van der Waals surface area contributed by atoms with Gasteiger partial charge in [-0.05, 0) is 61.3 Å². The molecule has 4 rings (SSSR count). The topological polar surface area (TPSA) is 105 Å². The van der Waals surface area contributed by atoms with E-state index >= 15 is 0 Å². The molecule has 1 aliphatic carbocycles. The molecule has 0 aromatic carbocycles. The summed E-state index contributed by atoms with van der Waals surface area (Å²) in [5.41, 5.74) is 2.34. The number of hydrogen-bond acceptors (Lipinski definition) is 7. The predicted octanol–water partition coefficient (Wildman–Crippen LogP) is 3.94. The molecule has 2 aromatic rings. The Bertz CT molecular complexity index is 1040. The monoisotopic (exact) mass is 452 g/mol. The highest BCUT2D eigenvalue weighted by Crippen LogP contribution is 2.39. The molecule has 9 heteroatoms. The van der Waals surface area contributed by atoms with Crippen molar-refractivity contribution >= 4 is 34.4 Å². The number of nitriles is 1. The zero-order chi connectivity index (χ0) is 22.3. The summed E-state index contributed by atoms with van der Waals surface area (Å²) in [6.45, 7) is 1.41. The molecule has 1 N–H and O–H groups in total. The minimum absolute atomic E-state index is 0.176. The second-order valence-corrected chi connectivity index (χ2v) is 8.86. The molecular weight excluding hydrogens is 428 g/mol. The van der Waals surface area contributed by atoms with E-state index in [-0.39, 0.29) is 11.8 Å². The van der Waals surface area contributed by atoms with Crippen LogP contribution in [0.2, 0.25) is 0 Å². The van der Waals surface area contributed by atoms with E-state index in [0.29, 0.717) is 36.7 Å². The van der Waals surface area contributed by atoms with Crippen LogP contribution in [0.25, 0.3) is 6.08 Å². The fourth-order valence-corrected chi connectivity index (χ4v) is 5.12. The first-order chi connectivity index (χ1) is 15.6. The molecule has 0 saturated carbocycles. The third-order valence-electron chi connectivity index (χ3n) is 5.48. The van der Waals surface area contributed by atoms with Gasteiger partial charge in [-0.25, -0.2) is 4.79 Å². The summed E-state index contributed by atoms with van der Waals surface area (Å²) in [6.07, 6.45) is 10.1. The maximum absolute atomic E-state index is 12.4. The number of ether oxygens (including phenoxy) is 1. The van der Waals surface area contributed by atoms with Crippen LogP contribution >= 0.6 is 11.3 Å². The number of amides is 2. The SMILES string of the molecule is N#Cc1c(NC(=O)C=Cc2cccnc2)sc2c1CCC(COC(=O)N1CCCCO1)C2. The zero-order valence-electron chi connectivity index (χ0n) is 17.6. The van der Waals surface area contributed by atoms with Crippen molar-refractivity contribution in [3.05, 3.63) is 52.2 Å². The largest absolute Gasteiger partial charge is 0.448 e. The zero-order valence-corrected chi connectivity index (χ0v) is 18.4. The molecule has 1 aliphatic heterocycles. The van der Waals surface area contributed by atoms with E-state index in [9.17, 15) is 14.9 Å². The van der Waals surface area contributed by atoms with E-state index in [0.717, 1.165) is 41.7 Å². The fourth-order valence-electron chi connectivity index (χ4n) is 3.80. The van der Waals surface area contributed by atoms with Crippen molar-refractivity contribution in [3.63, 3.8) is 0 Å². The van der Waals surface area contributed by atoms with Crippen molar-refractivity contribution in [2.45, 2.75) is 32.1 Å². The number of hydrogen-bond donors (Lipinski definition) is 1. The second kappa shape index (κ2) is 10.4. The van der Waals surface area contributed by atoms with Gasteiger partial charge in [0.25, 0.3) is 0 Å². The number of aromatic nitrogens is 1. The first-order valence-electron chi connectivity index (χ1n) is 10.6. The summed E-state index contributed by atoms with van der Waals surface area (Å²) >= 11 is 1.43. The van der Waals surface area contributed by atoms with Crippen LogP contribution in [0.5, 0.6) is 0 Å². The van der Waals surface area contributed by atoms with Crippen LogP contribution in [0.3, 0.4) is 0 Å². The molecule has 2 aromatic heterocycles. The molecule has 8 nitrogen and oxygen atoms in total. The first-order valence-corrected chi connectivity index (χ1v) is 11.5. The lowest BCUT2D eigenvalue weighted by Gasteiger charge is -2.27. The Hall–Kier alpha value is -3.22. The van der Waals surface area contributed by atoms with E-state index in [2.05, 4.69) is 16.4 Å². The molecule has 2 aliphatic rings. The average molecular weight is 453 g/mol. The number of hydroxylamine groups is 2. The van der Waals surface area contributed by atoms with Gasteiger partial charge in [-0.3, -0.25) is 14.6 Å². The number of fused-ring (bicyclic) bond motifs is 1. The summed E-state index contributed by atoms with van der Waals surface area (Å²) < 4.78 is 5.46. The normalized spacial score (nSPS) is 18.1. The Morgan fingerprint density at radius 1 is 1.44 bits per heavy atom. The number of pyridine rings is 1. The summed E-state index contributed by atoms with van der Waals surface area (Å²) in [6, 6.07) is 5.89. The number of carbonyl (C=O) groups excluding carboxylic acids is 2. The lowest BCUT2D eigenvalue weighted by Crippen LogP contribution is -2.37. The van der Waals surface area contributed by atoms with Crippen LogP contribution in [0.15, 0.2) is 30.6 Å². The highest BCUT2D eigenvalue weighted by Gasteiger charge is 2.28. The molecule has 1 atom stereocenters. The van der Waals surface area contributed by atoms with Gasteiger partial charge in [-0.2, -0.15) is 10.3 Å². The number of nitrogens with one attached hydrogen (secondary N) is 1. The van der Waals surface area contributed by atoms with E-state index in [4.69, 9.17) is 9.57 Å². The molecule has 0 spiro atoms. The van der Waals surface area contributed by atoms with Crippen molar-refractivity contribution in [2.24, 2.45) is 5.92 Å². The molecule has 0 bridgehead atoms. The van der Waals surface area contributed by atoms with Crippen molar-refractivity contribution < 1.29 is 19.2 Å². The van der Waals surface area contributed by atoms with Gasteiger partial charge in [0.05, 0.1) is 25.3 Å². The Morgan fingerprint density at radius 2 is 2.34 bits per heavy atom. The average Bonchev–Trinajstić information content (AvgIpc) is 3.18. The van der Waals surface area contributed by atoms with E-state index in [1.54, 1.807) is 24.5 Å². The smallest absolute Gasteiger partial charge is 0.433 e. The fraction of sp³-hybridized carbons (Fsp3) is 0.391. The quantitative estimate of drug-likeness (QED) is 0.689. The predicted molar refractivity (Wildman–Crippen MR) is 120 cm³/mol. The summed E-state index contributed by atoms with van der Waals surface area (Å²) in [5, 5.41) is 14.4. The van der Waals surface area contributed by atoms with Crippen LogP contribution < -0.4 is 5.32 Å². The molecule has 1 fully saturated rings. The van der Waals surface area contributed by atoms with Crippen LogP contribution in [0.1, 0.15) is 40.8 Å². The van der Waals surface area contributed by atoms with E-state index in [1.165, 1.54) is 22.5 Å².